The fourth-order valence-corrected chi connectivity index (χ4v) is 4.93. The van der Waals surface area contributed by atoms with Crippen LogP contribution in [0.5, 0.6) is 0 Å². The van der Waals surface area contributed by atoms with Gasteiger partial charge in [0.1, 0.15) is 0 Å². The van der Waals surface area contributed by atoms with Crippen LogP contribution in [-0.4, -0.2) is 5.25 Å². The highest BCUT2D eigenvalue weighted by molar-refractivity contribution is 7.80. The maximum Gasteiger partial charge on any atom is 0.00270 e. The fraction of sp³-hybridized carbons (Fsp3) is 1.00. The molecule has 0 aromatic rings. The van der Waals surface area contributed by atoms with Crippen molar-refractivity contribution in [2.75, 3.05) is 0 Å². The zero-order chi connectivity index (χ0) is 11.9. The molecule has 15 heavy (non-hydrogen) atoms. The second-order valence-corrected chi connectivity index (χ2v) is 7.78. The predicted octanol–water partition coefficient (Wildman–Crippen LogP) is 4.79. The molecule has 0 radical (unpaired) electrons. The minimum atomic E-state index is 0.507. The molecule has 1 aliphatic rings. The van der Waals surface area contributed by atoms with E-state index >= 15 is 0 Å². The van der Waals surface area contributed by atoms with E-state index in [1.54, 1.807) is 0 Å². The molecule has 0 aromatic heterocycles. The molecule has 3 unspecified atom stereocenters. The van der Waals surface area contributed by atoms with Gasteiger partial charge in [0.05, 0.1) is 0 Å². The second kappa shape index (κ2) is 4.31. The van der Waals surface area contributed by atoms with Gasteiger partial charge in [-0.15, -0.1) is 0 Å². The van der Waals surface area contributed by atoms with E-state index in [0.717, 1.165) is 11.8 Å². The largest absolute Gasteiger partial charge is 0.176 e. The van der Waals surface area contributed by atoms with E-state index in [4.69, 9.17) is 12.6 Å². The van der Waals surface area contributed by atoms with Gasteiger partial charge in [-0.1, -0.05) is 48.0 Å². The third kappa shape index (κ3) is 2.72. The van der Waals surface area contributed by atoms with Crippen LogP contribution in [0, 0.1) is 22.7 Å². The van der Waals surface area contributed by atoms with Crippen LogP contribution in [0.3, 0.4) is 0 Å². The lowest BCUT2D eigenvalue weighted by Crippen LogP contribution is -2.55. The molecule has 0 amide bonds. The molecule has 0 spiro atoms. The van der Waals surface area contributed by atoms with Gasteiger partial charge in [0.25, 0.3) is 0 Å². The Morgan fingerprint density at radius 1 is 1.20 bits per heavy atom. The summed E-state index contributed by atoms with van der Waals surface area (Å²) in [7, 11) is 0. The van der Waals surface area contributed by atoms with Crippen molar-refractivity contribution in [3.63, 3.8) is 0 Å². The van der Waals surface area contributed by atoms with Crippen LogP contribution in [0.15, 0.2) is 0 Å². The smallest absolute Gasteiger partial charge is 0.00270 e. The fourth-order valence-electron chi connectivity index (χ4n) is 4.17. The molecule has 0 bridgehead atoms. The summed E-state index contributed by atoms with van der Waals surface area (Å²) in [5.41, 5.74) is 1.06. The van der Waals surface area contributed by atoms with E-state index < -0.39 is 0 Å². The van der Waals surface area contributed by atoms with E-state index in [2.05, 4.69) is 41.5 Å². The molecule has 90 valence electrons. The molecular formula is C14H28S. The lowest BCUT2D eigenvalue weighted by molar-refractivity contribution is -0.0988. The Balaban J connectivity index is 2.62. The van der Waals surface area contributed by atoms with Crippen molar-refractivity contribution in [2.45, 2.75) is 66.1 Å². The normalized spacial score (nSPS) is 36.4. The molecule has 0 saturated heterocycles. The van der Waals surface area contributed by atoms with Crippen molar-refractivity contribution in [1.82, 2.24) is 0 Å². The Bertz CT molecular complexity index is 217. The Hall–Kier alpha value is 0.350. The molecule has 0 heterocycles. The van der Waals surface area contributed by atoms with Gasteiger partial charge in [0, 0.05) is 5.25 Å². The quantitative estimate of drug-likeness (QED) is 0.657. The summed E-state index contributed by atoms with van der Waals surface area (Å²) >= 11 is 4.70. The van der Waals surface area contributed by atoms with Crippen molar-refractivity contribution in [3.8, 4) is 0 Å². The molecule has 0 aromatic carbocycles. The third-order valence-electron chi connectivity index (χ3n) is 4.23. The SMILES string of the molecule is CC(C)CCC1(C)CC(C)(C)C1C(C)S. The molecule has 0 nitrogen and oxygen atoms in total. The zero-order valence-electron chi connectivity index (χ0n) is 11.3. The van der Waals surface area contributed by atoms with E-state index in [1.165, 1.54) is 19.3 Å². The summed E-state index contributed by atoms with van der Waals surface area (Å²) in [6.07, 6.45) is 4.12. The highest BCUT2D eigenvalue weighted by atomic mass is 32.1. The molecule has 1 aliphatic carbocycles. The van der Waals surface area contributed by atoms with Gasteiger partial charge in [0.15, 0.2) is 0 Å². The van der Waals surface area contributed by atoms with E-state index in [9.17, 15) is 0 Å². The molecule has 3 atom stereocenters. The summed E-state index contributed by atoms with van der Waals surface area (Å²) in [6, 6.07) is 0. The molecule has 1 fully saturated rings. The van der Waals surface area contributed by atoms with Crippen molar-refractivity contribution in [3.05, 3.63) is 0 Å². The van der Waals surface area contributed by atoms with Gasteiger partial charge >= 0.3 is 0 Å². The van der Waals surface area contributed by atoms with Crippen molar-refractivity contribution >= 4 is 12.6 Å². The Kier molecular flexibility index (Phi) is 3.86. The molecule has 1 saturated carbocycles. The van der Waals surface area contributed by atoms with Gasteiger partial charge in [-0.05, 0) is 35.5 Å². The average Bonchev–Trinajstić information content (AvgIpc) is 1.96. The van der Waals surface area contributed by atoms with Crippen LogP contribution in [-0.2, 0) is 0 Å². The maximum absolute atomic E-state index is 4.70. The first-order chi connectivity index (χ1) is 6.69. The minimum Gasteiger partial charge on any atom is -0.176 e. The lowest BCUT2D eigenvalue weighted by atomic mass is 9.45. The van der Waals surface area contributed by atoms with Crippen LogP contribution >= 0.6 is 12.6 Å². The Morgan fingerprint density at radius 3 is 2.07 bits per heavy atom. The summed E-state index contributed by atoms with van der Waals surface area (Å²) in [5.74, 6) is 1.62. The van der Waals surface area contributed by atoms with Crippen LogP contribution in [0.25, 0.3) is 0 Å². The summed E-state index contributed by atoms with van der Waals surface area (Å²) in [4.78, 5) is 0. The maximum atomic E-state index is 4.70. The molecule has 0 aliphatic heterocycles. The average molecular weight is 228 g/mol. The van der Waals surface area contributed by atoms with Gasteiger partial charge < -0.3 is 0 Å². The van der Waals surface area contributed by atoms with Crippen molar-refractivity contribution in [1.29, 1.82) is 0 Å². The van der Waals surface area contributed by atoms with E-state index in [1.807, 2.05) is 0 Å². The standard InChI is InChI=1S/C14H28S/c1-10(2)7-8-14(6)9-13(4,5)12(14)11(3)15/h10-12,15H,7-9H2,1-6H3. The summed E-state index contributed by atoms with van der Waals surface area (Å²) in [6.45, 7) is 14.2. The third-order valence-corrected chi connectivity index (χ3v) is 4.53. The van der Waals surface area contributed by atoms with Gasteiger partial charge in [-0.3, -0.25) is 0 Å². The number of hydrogen-bond acceptors (Lipinski definition) is 1. The first kappa shape index (κ1) is 13.4. The highest BCUT2D eigenvalue weighted by Gasteiger charge is 2.56. The number of hydrogen-bond donors (Lipinski definition) is 1. The van der Waals surface area contributed by atoms with Crippen molar-refractivity contribution in [2.24, 2.45) is 22.7 Å². The molecular weight excluding hydrogens is 200 g/mol. The molecule has 1 heteroatoms. The Morgan fingerprint density at radius 2 is 1.73 bits per heavy atom. The monoisotopic (exact) mass is 228 g/mol. The summed E-state index contributed by atoms with van der Waals surface area (Å²) in [5, 5.41) is 0.533. The van der Waals surface area contributed by atoms with Crippen LogP contribution in [0.1, 0.15) is 60.8 Å². The van der Waals surface area contributed by atoms with Crippen molar-refractivity contribution < 1.29 is 0 Å². The predicted molar refractivity (Wildman–Crippen MR) is 72.5 cm³/mol. The molecule has 0 N–H and O–H groups in total. The lowest BCUT2D eigenvalue weighted by Gasteiger charge is -2.61. The number of thiol groups is 1. The van der Waals surface area contributed by atoms with Crippen LogP contribution in [0.4, 0.5) is 0 Å². The number of rotatable bonds is 4. The summed E-state index contributed by atoms with van der Waals surface area (Å²) < 4.78 is 0. The van der Waals surface area contributed by atoms with E-state index in [-0.39, 0.29) is 0 Å². The van der Waals surface area contributed by atoms with Gasteiger partial charge in [-0.2, -0.15) is 12.6 Å². The Labute approximate surface area is 102 Å². The molecule has 1 rings (SSSR count). The second-order valence-electron chi connectivity index (χ2n) is 6.97. The topological polar surface area (TPSA) is 0 Å². The van der Waals surface area contributed by atoms with Gasteiger partial charge in [0.2, 0.25) is 0 Å². The highest BCUT2D eigenvalue weighted by Crippen LogP contribution is 2.63. The first-order valence-electron chi connectivity index (χ1n) is 6.37. The first-order valence-corrected chi connectivity index (χ1v) is 6.89. The van der Waals surface area contributed by atoms with E-state index in [0.29, 0.717) is 16.1 Å². The zero-order valence-corrected chi connectivity index (χ0v) is 12.2. The van der Waals surface area contributed by atoms with Crippen LogP contribution < -0.4 is 0 Å². The minimum absolute atomic E-state index is 0.507. The van der Waals surface area contributed by atoms with Gasteiger partial charge in [-0.25, -0.2) is 0 Å². The van der Waals surface area contributed by atoms with Crippen LogP contribution in [0.2, 0.25) is 0 Å².